The van der Waals surface area contributed by atoms with Crippen LogP contribution in [0.3, 0.4) is 0 Å². The van der Waals surface area contributed by atoms with Crippen LogP contribution in [0, 0.1) is 0 Å². The number of para-hydroxylation sites is 1. The van der Waals surface area contributed by atoms with E-state index in [1.807, 2.05) is 6.92 Å². The van der Waals surface area contributed by atoms with E-state index in [0.29, 0.717) is 12.8 Å². The van der Waals surface area contributed by atoms with Crippen LogP contribution in [0.25, 0.3) is 0 Å². The molecule has 0 spiro atoms. The zero-order chi connectivity index (χ0) is 18.3. The number of halogens is 3. The number of benzene rings is 1. The lowest BCUT2D eigenvalue weighted by Crippen LogP contribution is -2.43. The first-order chi connectivity index (χ1) is 11.9. The van der Waals surface area contributed by atoms with Gasteiger partial charge in [0.05, 0.1) is 12.1 Å². The predicted molar refractivity (Wildman–Crippen MR) is 92.9 cm³/mol. The maximum atomic E-state index is 13.0. The van der Waals surface area contributed by atoms with Crippen molar-refractivity contribution in [2.75, 3.05) is 24.6 Å². The highest BCUT2D eigenvalue weighted by atomic mass is 32.2. The van der Waals surface area contributed by atoms with Crippen LogP contribution in [-0.2, 0) is 11.0 Å². The standard InChI is InChI=1S/C17H23F3N2O2S/c1-2-13(10-22-16(23)9-12-11-25-8-7-21-12)24-15-6-4-3-5-14(15)17(18,19)20/h3-6,12-13,21H,2,7-11H2,1H3,(H,22,23). The number of rotatable bonds is 7. The number of carbonyl (C=O) groups is 1. The van der Waals surface area contributed by atoms with Crippen LogP contribution in [0.1, 0.15) is 25.3 Å². The van der Waals surface area contributed by atoms with E-state index in [-0.39, 0.29) is 24.2 Å². The van der Waals surface area contributed by atoms with Gasteiger partial charge in [0, 0.05) is 30.5 Å². The van der Waals surface area contributed by atoms with Crippen molar-refractivity contribution in [3.63, 3.8) is 0 Å². The number of amides is 1. The van der Waals surface area contributed by atoms with E-state index in [4.69, 9.17) is 4.74 Å². The molecule has 2 rings (SSSR count). The maximum absolute atomic E-state index is 13.0. The summed E-state index contributed by atoms with van der Waals surface area (Å²) in [5.74, 6) is 1.61. The molecular formula is C17H23F3N2O2S. The van der Waals surface area contributed by atoms with Gasteiger partial charge >= 0.3 is 6.18 Å². The molecule has 8 heteroatoms. The van der Waals surface area contributed by atoms with Gasteiger partial charge in [-0.05, 0) is 18.6 Å². The fourth-order valence-electron chi connectivity index (χ4n) is 2.53. The molecule has 2 N–H and O–H groups in total. The average Bonchev–Trinajstić information content (AvgIpc) is 2.59. The van der Waals surface area contributed by atoms with Crippen molar-refractivity contribution >= 4 is 17.7 Å². The van der Waals surface area contributed by atoms with E-state index >= 15 is 0 Å². The second-order valence-electron chi connectivity index (χ2n) is 5.88. The summed E-state index contributed by atoms with van der Waals surface area (Å²) < 4.78 is 44.6. The molecule has 1 fully saturated rings. The van der Waals surface area contributed by atoms with Gasteiger partial charge in [-0.1, -0.05) is 19.1 Å². The molecule has 1 aromatic rings. The minimum absolute atomic E-state index is 0.119. The molecule has 1 saturated heterocycles. The van der Waals surface area contributed by atoms with Crippen molar-refractivity contribution in [3.05, 3.63) is 29.8 Å². The summed E-state index contributed by atoms with van der Waals surface area (Å²) >= 11 is 1.81. The number of carbonyl (C=O) groups excluding carboxylic acids is 1. The summed E-state index contributed by atoms with van der Waals surface area (Å²) in [6.07, 6.45) is -4.13. The molecule has 0 bridgehead atoms. The minimum Gasteiger partial charge on any atom is -0.488 e. The van der Waals surface area contributed by atoms with E-state index in [2.05, 4.69) is 10.6 Å². The van der Waals surface area contributed by atoms with Gasteiger partial charge in [-0.2, -0.15) is 24.9 Å². The van der Waals surface area contributed by atoms with Gasteiger partial charge in [-0.3, -0.25) is 4.79 Å². The van der Waals surface area contributed by atoms with Crippen molar-refractivity contribution in [1.29, 1.82) is 0 Å². The molecule has 1 aliphatic heterocycles. The predicted octanol–water partition coefficient (Wildman–Crippen LogP) is 3.07. The second kappa shape index (κ2) is 9.33. The Morgan fingerprint density at radius 1 is 1.44 bits per heavy atom. The van der Waals surface area contributed by atoms with Crippen molar-refractivity contribution < 1.29 is 22.7 Å². The monoisotopic (exact) mass is 376 g/mol. The highest BCUT2D eigenvalue weighted by Gasteiger charge is 2.34. The molecular weight excluding hydrogens is 353 g/mol. The molecule has 0 aromatic heterocycles. The van der Waals surface area contributed by atoms with Crippen molar-refractivity contribution in [2.24, 2.45) is 0 Å². The Balaban J connectivity index is 1.87. The van der Waals surface area contributed by atoms with Crippen LogP contribution in [0.2, 0.25) is 0 Å². The number of ether oxygens (including phenoxy) is 1. The fraction of sp³-hybridized carbons (Fsp3) is 0.588. The van der Waals surface area contributed by atoms with Crippen LogP contribution in [-0.4, -0.2) is 42.6 Å². The zero-order valence-electron chi connectivity index (χ0n) is 14.1. The summed E-state index contributed by atoms with van der Waals surface area (Å²) in [5.41, 5.74) is -0.803. The minimum atomic E-state index is -4.47. The van der Waals surface area contributed by atoms with E-state index in [1.165, 1.54) is 18.2 Å². The van der Waals surface area contributed by atoms with Gasteiger partial charge in [0.2, 0.25) is 5.91 Å². The van der Waals surface area contributed by atoms with E-state index in [1.54, 1.807) is 11.8 Å². The molecule has 1 aliphatic rings. The van der Waals surface area contributed by atoms with Crippen molar-refractivity contribution in [2.45, 2.75) is 38.1 Å². The Hall–Kier alpha value is -1.41. The quantitative estimate of drug-likeness (QED) is 0.768. The highest BCUT2D eigenvalue weighted by Crippen LogP contribution is 2.36. The number of hydrogen-bond acceptors (Lipinski definition) is 4. The smallest absolute Gasteiger partial charge is 0.419 e. The summed E-state index contributed by atoms with van der Waals surface area (Å²) in [6.45, 7) is 2.88. The van der Waals surface area contributed by atoms with Gasteiger partial charge in [-0.15, -0.1) is 0 Å². The summed E-state index contributed by atoms with van der Waals surface area (Å²) in [7, 11) is 0. The Morgan fingerprint density at radius 2 is 2.20 bits per heavy atom. The van der Waals surface area contributed by atoms with Crippen molar-refractivity contribution in [1.82, 2.24) is 10.6 Å². The molecule has 0 saturated carbocycles. The molecule has 1 aromatic carbocycles. The SMILES string of the molecule is CCC(CNC(=O)CC1CSCCN1)Oc1ccccc1C(F)(F)F. The molecule has 2 atom stereocenters. The highest BCUT2D eigenvalue weighted by molar-refractivity contribution is 7.99. The summed E-state index contributed by atoms with van der Waals surface area (Å²) in [4.78, 5) is 12.0. The van der Waals surface area contributed by atoms with Crippen LogP contribution in [0.15, 0.2) is 24.3 Å². The maximum Gasteiger partial charge on any atom is 0.419 e. The van der Waals surface area contributed by atoms with Gasteiger partial charge in [0.1, 0.15) is 11.9 Å². The van der Waals surface area contributed by atoms with E-state index in [0.717, 1.165) is 24.1 Å². The number of nitrogens with one attached hydrogen (secondary N) is 2. The largest absolute Gasteiger partial charge is 0.488 e. The van der Waals surface area contributed by atoms with Gasteiger partial charge in [0.25, 0.3) is 0 Å². The van der Waals surface area contributed by atoms with Crippen molar-refractivity contribution in [3.8, 4) is 5.75 Å². The first-order valence-corrected chi connectivity index (χ1v) is 9.46. The number of hydrogen-bond donors (Lipinski definition) is 2. The molecule has 4 nitrogen and oxygen atoms in total. The summed E-state index contributed by atoms with van der Waals surface area (Å²) in [5, 5.41) is 6.04. The lowest BCUT2D eigenvalue weighted by Gasteiger charge is -2.24. The first kappa shape index (κ1) is 19.9. The Morgan fingerprint density at radius 3 is 2.84 bits per heavy atom. The van der Waals surface area contributed by atoms with Crippen LogP contribution in [0.4, 0.5) is 13.2 Å². The average molecular weight is 376 g/mol. The van der Waals surface area contributed by atoms with Gasteiger partial charge in [-0.25, -0.2) is 0 Å². The molecule has 1 heterocycles. The number of alkyl halides is 3. The second-order valence-corrected chi connectivity index (χ2v) is 7.03. The third-order valence-corrected chi connectivity index (χ3v) is 5.03. The van der Waals surface area contributed by atoms with Gasteiger partial charge < -0.3 is 15.4 Å². The molecule has 1 amide bonds. The normalized spacial score (nSPS) is 19.3. The van der Waals surface area contributed by atoms with Gasteiger partial charge in [0.15, 0.2) is 0 Å². The summed E-state index contributed by atoms with van der Waals surface area (Å²) in [6, 6.07) is 5.27. The topological polar surface area (TPSA) is 50.4 Å². The Bertz CT molecular complexity index is 563. The zero-order valence-corrected chi connectivity index (χ0v) is 14.9. The number of thioether (sulfide) groups is 1. The fourth-order valence-corrected chi connectivity index (χ4v) is 3.48. The Kier molecular flexibility index (Phi) is 7.43. The molecule has 25 heavy (non-hydrogen) atoms. The molecule has 0 radical (unpaired) electrons. The van der Waals surface area contributed by atoms with E-state index < -0.39 is 17.8 Å². The first-order valence-electron chi connectivity index (χ1n) is 8.31. The molecule has 0 aliphatic carbocycles. The Labute approximate surface area is 149 Å². The lowest BCUT2D eigenvalue weighted by atomic mass is 10.2. The van der Waals surface area contributed by atoms with Crippen LogP contribution >= 0.6 is 11.8 Å². The third-order valence-electron chi connectivity index (χ3n) is 3.90. The van der Waals surface area contributed by atoms with Crippen LogP contribution in [0.5, 0.6) is 5.75 Å². The molecule has 140 valence electrons. The third kappa shape index (κ3) is 6.43. The van der Waals surface area contributed by atoms with E-state index in [9.17, 15) is 18.0 Å². The lowest BCUT2D eigenvalue weighted by molar-refractivity contribution is -0.139. The molecule has 2 unspecified atom stereocenters. The van der Waals surface area contributed by atoms with Crippen LogP contribution < -0.4 is 15.4 Å².